The fraction of sp³-hybridized carbons (Fsp3) is 0.429. The predicted molar refractivity (Wildman–Crippen MR) is 140 cm³/mol. The Morgan fingerprint density at radius 1 is 1.05 bits per heavy atom. The number of benzene rings is 2. The van der Waals surface area contributed by atoms with Gasteiger partial charge in [-0.05, 0) is 28.7 Å². The third-order valence-corrected chi connectivity index (χ3v) is 6.13. The molecule has 2 aromatic carbocycles. The summed E-state index contributed by atoms with van der Waals surface area (Å²) in [6.45, 7) is 9.25. The van der Waals surface area contributed by atoms with Crippen LogP contribution in [0.15, 0.2) is 53.1 Å². The number of carbonyl (C=O) groups is 2. The van der Waals surface area contributed by atoms with Gasteiger partial charge in [-0.15, -0.1) is 0 Å². The minimum absolute atomic E-state index is 0.0836. The topological polar surface area (TPSA) is 135 Å². The van der Waals surface area contributed by atoms with Crippen molar-refractivity contribution in [2.75, 3.05) is 26.2 Å². The summed E-state index contributed by atoms with van der Waals surface area (Å²) in [5.41, 5.74) is 3.27. The maximum atomic E-state index is 10.8. The van der Waals surface area contributed by atoms with E-state index in [4.69, 9.17) is 29.0 Å². The van der Waals surface area contributed by atoms with Crippen molar-refractivity contribution in [3.8, 4) is 17.1 Å². The van der Waals surface area contributed by atoms with Crippen LogP contribution < -0.4 is 4.74 Å². The van der Waals surface area contributed by atoms with Crippen molar-refractivity contribution < 1.29 is 47.0 Å². The first-order valence-electron chi connectivity index (χ1n) is 12.7. The summed E-state index contributed by atoms with van der Waals surface area (Å²) in [5.74, 6) is -1.90. The summed E-state index contributed by atoms with van der Waals surface area (Å²) in [6.07, 6.45) is -5.03. The molecule has 3 aromatic rings. The van der Waals surface area contributed by atoms with Gasteiger partial charge in [0.2, 0.25) is 5.82 Å². The van der Waals surface area contributed by atoms with Crippen molar-refractivity contribution in [3.63, 3.8) is 0 Å². The second kappa shape index (κ2) is 13.6. The average Bonchev–Trinajstić information content (AvgIpc) is 3.40. The zero-order valence-electron chi connectivity index (χ0n) is 22.8. The Hall–Kier alpha value is -3.97. The monoisotopic (exact) mass is 579 g/mol. The lowest BCUT2D eigenvalue weighted by atomic mass is 9.87. The van der Waals surface area contributed by atoms with Crippen LogP contribution in [-0.2, 0) is 26.3 Å². The standard InChI is InChI=1S/C26H31N3O5.C2HF3O2/c1-26(2,3)20-8-4-19(5-9-20)25-27-23(34-28-25)17-33-21-10-6-18(7-11-21)22-16-29(14-15-32-22)13-12-24(30)31;3-2(4,5)1(6)7/h4-11,22H,12-17H2,1-3H3,(H,30,31);(H,6,7). The van der Waals surface area contributed by atoms with E-state index >= 15 is 0 Å². The molecule has 0 spiro atoms. The Balaban J connectivity index is 0.000000587. The van der Waals surface area contributed by atoms with Gasteiger partial charge in [-0.25, -0.2) is 4.79 Å². The van der Waals surface area contributed by atoms with Crippen LogP contribution in [0.5, 0.6) is 5.75 Å². The molecule has 0 saturated carbocycles. The number of aromatic nitrogens is 2. The number of carboxylic acids is 2. The van der Waals surface area contributed by atoms with Crippen LogP contribution in [-0.4, -0.2) is 69.6 Å². The normalized spacial score (nSPS) is 16.0. The summed E-state index contributed by atoms with van der Waals surface area (Å²) < 4.78 is 48.8. The smallest absolute Gasteiger partial charge is 0.484 e. The summed E-state index contributed by atoms with van der Waals surface area (Å²) in [4.78, 5) is 26.3. The number of rotatable bonds is 8. The van der Waals surface area contributed by atoms with Crippen LogP contribution in [0.1, 0.15) is 50.3 Å². The average molecular weight is 580 g/mol. The van der Waals surface area contributed by atoms with Gasteiger partial charge >= 0.3 is 18.1 Å². The van der Waals surface area contributed by atoms with Gasteiger partial charge in [-0.2, -0.15) is 18.2 Å². The van der Waals surface area contributed by atoms with Gasteiger partial charge in [-0.1, -0.05) is 62.3 Å². The Kier molecular flexibility index (Phi) is 10.5. The third kappa shape index (κ3) is 9.87. The molecule has 13 heteroatoms. The zero-order chi connectivity index (χ0) is 30.2. The van der Waals surface area contributed by atoms with Gasteiger partial charge < -0.3 is 24.2 Å². The molecular weight excluding hydrogens is 547 g/mol. The van der Waals surface area contributed by atoms with Crippen molar-refractivity contribution in [3.05, 3.63) is 65.5 Å². The first kappa shape index (κ1) is 31.6. The molecule has 1 unspecified atom stereocenters. The van der Waals surface area contributed by atoms with E-state index in [1.165, 1.54) is 5.56 Å². The van der Waals surface area contributed by atoms with E-state index in [0.717, 1.165) is 17.7 Å². The molecule has 1 aliphatic heterocycles. The minimum atomic E-state index is -5.08. The Morgan fingerprint density at radius 3 is 2.24 bits per heavy atom. The van der Waals surface area contributed by atoms with Crippen LogP contribution >= 0.6 is 0 Å². The molecule has 0 aliphatic carbocycles. The molecule has 1 atom stereocenters. The van der Waals surface area contributed by atoms with Crippen molar-refractivity contribution >= 4 is 11.9 Å². The number of morpholine rings is 1. The number of nitrogens with zero attached hydrogens (tertiary/aromatic N) is 3. The van der Waals surface area contributed by atoms with Gasteiger partial charge in [0.05, 0.1) is 19.1 Å². The quantitative estimate of drug-likeness (QED) is 0.371. The maximum Gasteiger partial charge on any atom is 0.490 e. The van der Waals surface area contributed by atoms with Crippen LogP contribution in [0.4, 0.5) is 13.2 Å². The fourth-order valence-corrected chi connectivity index (χ4v) is 3.83. The largest absolute Gasteiger partial charge is 0.490 e. The van der Waals surface area contributed by atoms with Crippen LogP contribution in [0.3, 0.4) is 0 Å². The summed E-state index contributed by atoms with van der Waals surface area (Å²) in [7, 11) is 0. The molecular formula is C28H32F3N3O7. The molecule has 2 N–H and O–H groups in total. The summed E-state index contributed by atoms with van der Waals surface area (Å²) in [6, 6.07) is 15.9. The SMILES string of the molecule is CC(C)(C)c1ccc(-c2noc(COc3ccc(C4CN(CCC(=O)O)CCO4)cc3)n2)cc1.O=C(O)C(F)(F)F. The van der Waals surface area contributed by atoms with Gasteiger partial charge in [0.25, 0.3) is 5.89 Å². The number of aliphatic carboxylic acids is 2. The molecule has 0 amide bonds. The number of hydrogen-bond acceptors (Lipinski definition) is 8. The van der Waals surface area contributed by atoms with E-state index in [1.807, 2.05) is 36.4 Å². The van der Waals surface area contributed by atoms with Crippen LogP contribution in [0, 0.1) is 0 Å². The molecule has 41 heavy (non-hydrogen) atoms. The molecule has 1 saturated heterocycles. The second-order valence-electron chi connectivity index (χ2n) is 10.3. The van der Waals surface area contributed by atoms with Crippen LogP contribution in [0.25, 0.3) is 11.4 Å². The lowest BCUT2D eigenvalue weighted by Crippen LogP contribution is -2.39. The van der Waals surface area contributed by atoms with Crippen LogP contribution in [0.2, 0.25) is 0 Å². The fourth-order valence-electron chi connectivity index (χ4n) is 3.83. The molecule has 1 fully saturated rings. The van der Waals surface area contributed by atoms with E-state index in [2.05, 4.69) is 47.9 Å². The Labute approximate surface area is 234 Å². The van der Waals surface area contributed by atoms with Gasteiger partial charge in [0, 0.05) is 25.2 Å². The predicted octanol–water partition coefficient (Wildman–Crippen LogP) is 5.09. The molecule has 0 bridgehead atoms. The molecule has 1 aliphatic rings. The highest BCUT2D eigenvalue weighted by atomic mass is 19.4. The van der Waals surface area contributed by atoms with E-state index in [0.29, 0.717) is 37.2 Å². The van der Waals surface area contributed by atoms with Crippen molar-refractivity contribution in [1.29, 1.82) is 0 Å². The van der Waals surface area contributed by atoms with Crippen molar-refractivity contribution in [2.24, 2.45) is 0 Å². The van der Waals surface area contributed by atoms with Crippen molar-refractivity contribution in [1.82, 2.24) is 15.0 Å². The highest BCUT2D eigenvalue weighted by Crippen LogP contribution is 2.26. The first-order valence-corrected chi connectivity index (χ1v) is 12.7. The lowest BCUT2D eigenvalue weighted by Gasteiger charge is -2.32. The number of hydrogen-bond donors (Lipinski definition) is 2. The van der Waals surface area contributed by atoms with Gasteiger partial charge in [0.1, 0.15) is 5.75 Å². The van der Waals surface area contributed by atoms with Gasteiger partial charge in [0.15, 0.2) is 6.61 Å². The highest BCUT2D eigenvalue weighted by Gasteiger charge is 2.38. The second-order valence-corrected chi connectivity index (χ2v) is 10.3. The Morgan fingerprint density at radius 2 is 1.68 bits per heavy atom. The molecule has 0 radical (unpaired) electrons. The third-order valence-electron chi connectivity index (χ3n) is 6.13. The van der Waals surface area contributed by atoms with E-state index in [1.54, 1.807) is 0 Å². The highest BCUT2D eigenvalue weighted by molar-refractivity contribution is 5.73. The maximum absolute atomic E-state index is 10.8. The Bertz CT molecular complexity index is 1290. The van der Waals surface area contributed by atoms with E-state index < -0.39 is 18.1 Å². The van der Waals surface area contributed by atoms with E-state index in [9.17, 15) is 18.0 Å². The number of alkyl halides is 3. The molecule has 2 heterocycles. The number of carboxylic acid groups (broad SMARTS) is 2. The molecule has 1 aromatic heterocycles. The molecule has 4 rings (SSSR count). The van der Waals surface area contributed by atoms with Gasteiger partial charge in [-0.3, -0.25) is 9.69 Å². The number of halogens is 3. The number of ether oxygens (including phenoxy) is 2. The zero-order valence-corrected chi connectivity index (χ0v) is 22.8. The van der Waals surface area contributed by atoms with Crippen molar-refractivity contribution in [2.45, 2.75) is 51.5 Å². The molecule has 10 nitrogen and oxygen atoms in total. The van der Waals surface area contributed by atoms with E-state index in [-0.39, 0.29) is 24.5 Å². The molecule has 222 valence electrons. The summed E-state index contributed by atoms with van der Waals surface area (Å²) >= 11 is 0. The first-order chi connectivity index (χ1) is 19.2. The minimum Gasteiger partial charge on any atom is -0.484 e. The summed E-state index contributed by atoms with van der Waals surface area (Å²) in [5, 5.41) is 20.1. The lowest BCUT2D eigenvalue weighted by molar-refractivity contribution is -0.192.